The normalized spacial score (nSPS) is 10.3. The summed E-state index contributed by atoms with van der Waals surface area (Å²) in [7, 11) is 0. The van der Waals surface area contributed by atoms with E-state index in [0.29, 0.717) is 42.1 Å². The van der Waals surface area contributed by atoms with Crippen LogP contribution in [0.15, 0.2) is 72.8 Å². The van der Waals surface area contributed by atoms with Crippen molar-refractivity contribution in [3.05, 3.63) is 90.3 Å². The molecule has 0 aliphatic carbocycles. The van der Waals surface area contributed by atoms with Crippen molar-refractivity contribution in [3.63, 3.8) is 0 Å². The van der Waals surface area contributed by atoms with Crippen molar-refractivity contribution >= 4 is 45.3 Å². The number of aromatic amines is 1. The average Bonchev–Trinajstić information content (AvgIpc) is 3.86. The third-order valence-electron chi connectivity index (χ3n) is 6.70. The quantitative estimate of drug-likeness (QED) is 0.175. The highest BCUT2D eigenvalue weighted by Crippen LogP contribution is 2.20. The fourth-order valence-electron chi connectivity index (χ4n) is 4.82. The first-order chi connectivity index (χ1) is 26.7. The van der Waals surface area contributed by atoms with Gasteiger partial charge in [-0.25, -0.2) is 33.7 Å². The van der Waals surface area contributed by atoms with Gasteiger partial charge in [-0.05, 0) is 84.5 Å². The van der Waals surface area contributed by atoms with Crippen LogP contribution in [-0.4, -0.2) is 59.0 Å². The molecule has 56 heavy (non-hydrogen) atoms. The Morgan fingerprint density at radius 3 is 1.48 bits per heavy atom. The number of benzene rings is 3. The number of para-hydroxylation sites is 6. The number of hydrogen-bond acceptors (Lipinski definition) is 10. The van der Waals surface area contributed by atoms with Crippen LogP contribution in [0, 0.1) is 22.7 Å². The minimum atomic E-state index is -0.591. The number of imidazole rings is 3. The maximum absolute atomic E-state index is 12.3. The fourth-order valence-corrected chi connectivity index (χ4v) is 4.82. The van der Waals surface area contributed by atoms with Gasteiger partial charge in [-0.15, -0.1) is 0 Å². The summed E-state index contributed by atoms with van der Waals surface area (Å²) in [6, 6.07) is 26.5. The average molecular weight is 766 g/mol. The van der Waals surface area contributed by atoms with Gasteiger partial charge in [-0.3, -0.25) is 0 Å². The molecule has 0 unspecified atom stereocenters. The maximum Gasteiger partial charge on any atom is 0.420 e. The second-order valence-corrected chi connectivity index (χ2v) is 13.1. The molecule has 13 heteroatoms. The van der Waals surface area contributed by atoms with Gasteiger partial charge < -0.3 is 20.2 Å². The summed E-state index contributed by atoms with van der Waals surface area (Å²) < 4.78 is 13.6. The number of rotatable bonds is 4. The number of nitrogens with one attached hydrogen (secondary N) is 1. The van der Waals surface area contributed by atoms with E-state index in [2.05, 4.69) is 26.0 Å². The predicted molar refractivity (Wildman–Crippen MR) is 224 cm³/mol. The molecule has 0 fully saturated rings. The lowest BCUT2D eigenvalue weighted by Gasteiger charge is -2.20. The first-order valence-electron chi connectivity index (χ1n) is 19.0. The Morgan fingerprint density at radius 2 is 1.05 bits per heavy atom. The van der Waals surface area contributed by atoms with Gasteiger partial charge in [0.1, 0.15) is 28.7 Å². The van der Waals surface area contributed by atoms with E-state index < -0.39 is 23.4 Å². The van der Waals surface area contributed by atoms with Gasteiger partial charge in [0.05, 0.1) is 58.1 Å². The zero-order valence-corrected chi connectivity index (χ0v) is 35.1. The molecule has 0 saturated carbocycles. The van der Waals surface area contributed by atoms with Crippen molar-refractivity contribution < 1.29 is 19.1 Å². The van der Waals surface area contributed by atoms with Gasteiger partial charge in [0.25, 0.3) is 0 Å². The van der Waals surface area contributed by atoms with Gasteiger partial charge in [0.2, 0.25) is 0 Å². The fraction of sp³-hybridized carbons (Fsp3) is 0.419. The molecule has 0 bridgehead atoms. The van der Waals surface area contributed by atoms with Crippen molar-refractivity contribution in [2.75, 3.05) is 6.54 Å². The van der Waals surface area contributed by atoms with Crippen LogP contribution in [0.3, 0.4) is 0 Å². The number of aromatic nitrogens is 6. The number of fused-ring (bicyclic) bond motifs is 3. The molecule has 0 aliphatic heterocycles. The Kier molecular flexibility index (Phi) is 20.3. The molecule has 0 aliphatic rings. The molecule has 6 aromatic rings. The van der Waals surface area contributed by atoms with E-state index in [1.54, 1.807) is 32.9 Å². The van der Waals surface area contributed by atoms with Crippen molar-refractivity contribution in [1.29, 1.82) is 10.5 Å². The number of nitriles is 2. The SMILES string of the molecule is CC.CC.CC.CC(C)(C)OC(=O)n1c(CC#N)nc2ccccc21.CC(C)(C)OC(=O)n1c(CCN)nc2ccccc21.N#CCc1nc2ccccc2[nH]1. The molecule has 300 valence electrons. The second-order valence-electron chi connectivity index (χ2n) is 13.1. The Labute approximate surface area is 331 Å². The third kappa shape index (κ3) is 14.3. The van der Waals surface area contributed by atoms with Crippen LogP contribution in [-0.2, 0) is 28.7 Å². The molecular formula is C43H59N9O4. The van der Waals surface area contributed by atoms with Crippen LogP contribution in [0.2, 0.25) is 0 Å². The molecule has 0 spiro atoms. The standard InChI is InChI=1S/C14H19N3O2.C14H15N3O2.C9H7N3.3C2H6/c2*1-14(2,3)19-13(18)17-11-7-5-4-6-10(11)16-12(17)8-9-15;10-6-5-9-11-7-3-1-2-4-8(7)12-9;3*1-2/h4-7H,8-9,15H2,1-3H3;4-7H,8H2,1-3H3;1-4H,5H2,(H,11,12);3*1-2H3. The highest BCUT2D eigenvalue weighted by Gasteiger charge is 2.24. The summed E-state index contributed by atoms with van der Waals surface area (Å²) >= 11 is 0. The molecule has 13 nitrogen and oxygen atoms in total. The van der Waals surface area contributed by atoms with Crippen molar-refractivity contribution in [2.24, 2.45) is 5.73 Å². The molecule has 0 amide bonds. The van der Waals surface area contributed by atoms with Crippen molar-refractivity contribution in [2.45, 2.75) is 114 Å². The van der Waals surface area contributed by atoms with Crippen molar-refractivity contribution in [3.8, 4) is 12.1 Å². The number of ether oxygens (including phenoxy) is 2. The molecule has 0 atom stereocenters. The monoisotopic (exact) mass is 765 g/mol. The summed E-state index contributed by atoms with van der Waals surface area (Å²) in [4.78, 5) is 40.5. The Hall–Kier alpha value is -6.05. The number of H-pyrrole nitrogens is 1. The minimum absolute atomic E-state index is 0.0634. The number of carbonyl (C=O) groups is 2. The predicted octanol–water partition coefficient (Wildman–Crippen LogP) is 9.91. The van der Waals surface area contributed by atoms with Crippen LogP contribution < -0.4 is 5.73 Å². The molecule has 3 heterocycles. The van der Waals surface area contributed by atoms with Crippen LogP contribution in [0.4, 0.5) is 9.59 Å². The minimum Gasteiger partial charge on any atom is -0.443 e. The van der Waals surface area contributed by atoms with E-state index in [-0.39, 0.29) is 6.42 Å². The lowest BCUT2D eigenvalue weighted by Crippen LogP contribution is -2.28. The van der Waals surface area contributed by atoms with E-state index in [1.807, 2.05) is 129 Å². The number of nitrogens with two attached hydrogens (primary N) is 1. The molecule has 3 aromatic carbocycles. The zero-order valence-electron chi connectivity index (χ0n) is 35.1. The summed E-state index contributed by atoms with van der Waals surface area (Å²) in [5.41, 5.74) is 9.21. The second kappa shape index (κ2) is 23.7. The van der Waals surface area contributed by atoms with Gasteiger partial charge in [0, 0.05) is 6.42 Å². The van der Waals surface area contributed by atoms with Gasteiger partial charge in [-0.1, -0.05) is 77.9 Å². The molecule has 0 saturated heterocycles. The van der Waals surface area contributed by atoms with E-state index in [9.17, 15) is 9.59 Å². The van der Waals surface area contributed by atoms with Crippen LogP contribution in [0.1, 0.15) is 101 Å². The summed E-state index contributed by atoms with van der Waals surface area (Å²) in [5, 5.41) is 17.3. The van der Waals surface area contributed by atoms with Gasteiger partial charge in [-0.2, -0.15) is 10.5 Å². The lowest BCUT2D eigenvalue weighted by molar-refractivity contribution is 0.0527. The van der Waals surface area contributed by atoms with Crippen LogP contribution in [0.5, 0.6) is 0 Å². The highest BCUT2D eigenvalue weighted by molar-refractivity contribution is 5.88. The number of nitrogens with zero attached hydrogens (tertiary/aromatic N) is 7. The van der Waals surface area contributed by atoms with Gasteiger partial charge in [0.15, 0.2) is 0 Å². The maximum atomic E-state index is 12.3. The van der Waals surface area contributed by atoms with Crippen LogP contribution >= 0.6 is 0 Å². The lowest BCUT2D eigenvalue weighted by atomic mass is 10.2. The summed E-state index contributed by atoms with van der Waals surface area (Å²) in [6.45, 7) is 23.4. The first-order valence-corrected chi connectivity index (χ1v) is 19.0. The number of hydrogen-bond donors (Lipinski definition) is 2. The molecule has 3 aromatic heterocycles. The molecule has 0 radical (unpaired) electrons. The number of carbonyl (C=O) groups excluding carboxylic acids is 2. The third-order valence-corrected chi connectivity index (χ3v) is 6.70. The topological polar surface area (TPSA) is 191 Å². The van der Waals surface area contributed by atoms with E-state index in [4.69, 9.17) is 25.7 Å². The van der Waals surface area contributed by atoms with Crippen LogP contribution in [0.25, 0.3) is 33.1 Å². The van der Waals surface area contributed by atoms with E-state index in [0.717, 1.165) is 27.9 Å². The Bertz CT molecular complexity index is 2150. The van der Waals surface area contributed by atoms with E-state index in [1.165, 1.54) is 9.13 Å². The van der Waals surface area contributed by atoms with Gasteiger partial charge >= 0.3 is 12.2 Å². The molecule has 6 rings (SSSR count). The zero-order chi connectivity index (χ0) is 42.5. The largest absolute Gasteiger partial charge is 0.443 e. The molecular weight excluding hydrogens is 707 g/mol. The first kappa shape index (κ1) is 48.0. The van der Waals surface area contributed by atoms with E-state index >= 15 is 0 Å². The molecule has 3 N–H and O–H groups in total. The smallest absolute Gasteiger partial charge is 0.420 e. The Balaban J connectivity index is 0.000000401. The summed E-state index contributed by atoms with van der Waals surface area (Å²) in [6.07, 6.45) is 0.0207. The summed E-state index contributed by atoms with van der Waals surface area (Å²) in [5.74, 6) is 1.77. The van der Waals surface area contributed by atoms with Crippen molar-refractivity contribution in [1.82, 2.24) is 29.1 Å². The highest BCUT2D eigenvalue weighted by atomic mass is 16.6. The Morgan fingerprint density at radius 1 is 0.643 bits per heavy atom.